The summed E-state index contributed by atoms with van der Waals surface area (Å²) in [6, 6.07) is 7.54. The van der Waals surface area contributed by atoms with E-state index < -0.39 is 0 Å². The molecule has 0 aliphatic carbocycles. The molecule has 0 saturated carbocycles. The van der Waals surface area contributed by atoms with Gasteiger partial charge in [-0.25, -0.2) is 4.68 Å². The number of hydrogen-bond acceptors (Lipinski definition) is 3. The first kappa shape index (κ1) is 11.1. The summed E-state index contributed by atoms with van der Waals surface area (Å²) in [5, 5.41) is 8.65. The minimum absolute atomic E-state index is 0.667. The molecule has 0 aliphatic rings. The van der Waals surface area contributed by atoms with Gasteiger partial charge in [0, 0.05) is 5.02 Å². The average Bonchev–Trinajstić information content (AvgIpc) is 2.74. The molecule has 84 valence electrons. The monoisotopic (exact) mass is 236 g/mol. The molecular weight excluding hydrogens is 224 g/mol. The molecule has 2 rings (SSSR count). The van der Waals surface area contributed by atoms with Crippen molar-refractivity contribution in [3.63, 3.8) is 0 Å². The van der Waals surface area contributed by atoms with E-state index in [0.29, 0.717) is 11.6 Å². The van der Waals surface area contributed by atoms with E-state index in [1.165, 1.54) is 0 Å². The van der Waals surface area contributed by atoms with E-state index in [1.807, 2.05) is 24.3 Å². The number of halogens is 1. The van der Waals surface area contributed by atoms with Gasteiger partial charge in [-0.3, -0.25) is 0 Å². The molecule has 1 aromatic heterocycles. The summed E-state index contributed by atoms with van der Waals surface area (Å²) in [5.41, 5.74) is 7.46. The van der Waals surface area contributed by atoms with Gasteiger partial charge in [0.15, 0.2) is 0 Å². The van der Waals surface area contributed by atoms with Crippen LogP contribution in [0.2, 0.25) is 5.02 Å². The van der Waals surface area contributed by atoms with Crippen molar-refractivity contribution >= 4 is 11.6 Å². The third-order valence-corrected chi connectivity index (χ3v) is 2.54. The van der Waals surface area contributed by atoms with Crippen LogP contribution in [0.1, 0.15) is 12.1 Å². The second kappa shape index (κ2) is 5.09. The van der Waals surface area contributed by atoms with Crippen molar-refractivity contribution in [1.29, 1.82) is 0 Å². The van der Waals surface area contributed by atoms with Gasteiger partial charge in [0.2, 0.25) is 0 Å². The number of benzene rings is 1. The van der Waals surface area contributed by atoms with Crippen molar-refractivity contribution in [2.45, 2.75) is 12.8 Å². The summed E-state index contributed by atoms with van der Waals surface area (Å²) in [5.74, 6) is 0. The van der Waals surface area contributed by atoms with E-state index >= 15 is 0 Å². The van der Waals surface area contributed by atoms with E-state index in [2.05, 4.69) is 10.3 Å². The molecule has 16 heavy (non-hydrogen) atoms. The number of rotatable bonds is 4. The normalized spacial score (nSPS) is 10.6. The Hall–Kier alpha value is -1.39. The van der Waals surface area contributed by atoms with Crippen LogP contribution >= 0.6 is 11.6 Å². The van der Waals surface area contributed by atoms with E-state index in [9.17, 15) is 0 Å². The Morgan fingerprint density at radius 1 is 1.38 bits per heavy atom. The van der Waals surface area contributed by atoms with Gasteiger partial charge in [-0.2, -0.15) is 0 Å². The smallest absolute Gasteiger partial charge is 0.0729 e. The van der Waals surface area contributed by atoms with Crippen LogP contribution in [-0.4, -0.2) is 21.5 Å². The number of nitrogens with zero attached hydrogens (tertiary/aromatic N) is 3. The van der Waals surface area contributed by atoms with Gasteiger partial charge in [-0.15, -0.1) is 5.10 Å². The fourth-order valence-corrected chi connectivity index (χ4v) is 1.72. The molecular formula is C11H13ClN4. The Labute approximate surface area is 99.0 Å². The molecule has 0 bridgehead atoms. The predicted molar refractivity (Wildman–Crippen MR) is 63.7 cm³/mol. The maximum absolute atomic E-state index is 5.94. The van der Waals surface area contributed by atoms with Gasteiger partial charge in [0.05, 0.1) is 17.6 Å². The molecule has 2 N–H and O–H groups in total. The summed E-state index contributed by atoms with van der Waals surface area (Å²) in [6.07, 6.45) is 3.56. The molecule has 0 fully saturated rings. The zero-order valence-corrected chi connectivity index (χ0v) is 9.56. The topological polar surface area (TPSA) is 56.7 Å². The Morgan fingerprint density at radius 2 is 2.25 bits per heavy atom. The summed E-state index contributed by atoms with van der Waals surface area (Å²) < 4.78 is 1.79. The highest BCUT2D eigenvalue weighted by atomic mass is 35.5. The molecule has 0 radical (unpaired) electrons. The molecule has 1 aromatic carbocycles. The van der Waals surface area contributed by atoms with Gasteiger partial charge in [0.25, 0.3) is 0 Å². The van der Waals surface area contributed by atoms with Crippen LogP contribution in [0.25, 0.3) is 5.69 Å². The van der Waals surface area contributed by atoms with E-state index in [-0.39, 0.29) is 0 Å². The van der Waals surface area contributed by atoms with Gasteiger partial charge >= 0.3 is 0 Å². The molecule has 5 heteroatoms. The Morgan fingerprint density at radius 3 is 3.00 bits per heavy atom. The van der Waals surface area contributed by atoms with Crippen molar-refractivity contribution in [2.75, 3.05) is 6.54 Å². The fraction of sp³-hybridized carbons (Fsp3) is 0.273. The zero-order chi connectivity index (χ0) is 11.4. The first-order valence-electron chi connectivity index (χ1n) is 5.17. The first-order valence-corrected chi connectivity index (χ1v) is 5.54. The van der Waals surface area contributed by atoms with Crippen molar-refractivity contribution in [3.05, 3.63) is 41.2 Å². The molecule has 1 heterocycles. The molecule has 4 nitrogen and oxygen atoms in total. The molecule has 0 atom stereocenters. The van der Waals surface area contributed by atoms with Crippen LogP contribution in [0.4, 0.5) is 0 Å². The average molecular weight is 237 g/mol. The zero-order valence-electron chi connectivity index (χ0n) is 8.81. The predicted octanol–water partition coefficient (Wildman–Crippen LogP) is 1.81. The summed E-state index contributed by atoms with van der Waals surface area (Å²) in [6.45, 7) is 0.667. The Bertz CT molecular complexity index is 467. The summed E-state index contributed by atoms with van der Waals surface area (Å²) >= 11 is 5.94. The van der Waals surface area contributed by atoms with Crippen LogP contribution < -0.4 is 5.73 Å². The second-order valence-electron chi connectivity index (χ2n) is 3.51. The highest BCUT2D eigenvalue weighted by Gasteiger charge is 2.05. The van der Waals surface area contributed by atoms with E-state index in [1.54, 1.807) is 10.9 Å². The summed E-state index contributed by atoms with van der Waals surface area (Å²) in [4.78, 5) is 0. The minimum atomic E-state index is 0.667. The molecule has 0 spiro atoms. The van der Waals surface area contributed by atoms with Crippen LogP contribution in [0.3, 0.4) is 0 Å². The third-order valence-electron chi connectivity index (χ3n) is 2.31. The van der Waals surface area contributed by atoms with Gasteiger partial charge in [-0.05, 0) is 37.6 Å². The lowest BCUT2D eigenvalue weighted by molar-refractivity contribution is 0.729. The molecule has 0 amide bonds. The van der Waals surface area contributed by atoms with Crippen LogP contribution in [0, 0.1) is 0 Å². The van der Waals surface area contributed by atoms with Crippen molar-refractivity contribution < 1.29 is 0 Å². The maximum atomic E-state index is 5.94. The Kier molecular flexibility index (Phi) is 3.54. The SMILES string of the molecule is NCCCc1cnnn1-c1cccc(Cl)c1. The first-order chi connectivity index (χ1) is 7.81. The quantitative estimate of drug-likeness (QED) is 0.881. The number of aryl methyl sites for hydroxylation is 1. The van der Waals surface area contributed by atoms with Crippen molar-refractivity contribution in [2.24, 2.45) is 5.73 Å². The molecule has 2 aromatic rings. The number of nitrogens with two attached hydrogens (primary N) is 1. The highest BCUT2D eigenvalue weighted by molar-refractivity contribution is 6.30. The Balaban J connectivity index is 2.29. The largest absolute Gasteiger partial charge is 0.330 e. The molecule has 0 saturated heterocycles. The highest BCUT2D eigenvalue weighted by Crippen LogP contribution is 2.15. The summed E-state index contributed by atoms with van der Waals surface area (Å²) in [7, 11) is 0. The fourth-order valence-electron chi connectivity index (χ4n) is 1.54. The maximum Gasteiger partial charge on any atom is 0.0729 e. The lowest BCUT2D eigenvalue weighted by atomic mass is 10.2. The standard InChI is InChI=1S/C11H13ClN4/c12-9-3-1-4-10(7-9)16-11(5-2-6-13)8-14-15-16/h1,3-4,7-8H,2,5-6,13H2. The van der Waals surface area contributed by atoms with Crippen molar-refractivity contribution in [1.82, 2.24) is 15.0 Å². The van der Waals surface area contributed by atoms with E-state index in [0.717, 1.165) is 24.2 Å². The molecule has 0 unspecified atom stereocenters. The second-order valence-corrected chi connectivity index (χ2v) is 3.95. The lowest BCUT2D eigenvalue weighted by Crippen LogP contribution is -2.06. The van der Waals surface area contributed by atoms with E-state index in [4.69, 9.17) is 17.3 Å². The van der Waals surface area contributed by atoms with Gasteiger partial charge in [-0.1, -0.05) is 22.9 Å². The number of aromatic nitrogens is 3. The van der Waals surface area contributed by atoms with Crippen LogP contribution in [0.5, 0.6) is 0 Å². The van der Waals surface area contributed by atoms with Crippen LogP contribution in [0.15, 0.2) is 30.5 Å². The number of hydrogen-bond donors (Lipinski definition) is 1. The third kappa shape index (κ3) is 2.40. The van der Waals surface area contributed by atoms with Gasteiger partial charge < -0.3 is 5.73 Å². The van der Waals surface area contributed by atoms with Crippen LogP contribution in [-0.2, 0) is 6.42 Å². The van der Waals surface area contributed by atoms with Crippen molar-refractivity contribution in [3.8, 4) is 5.69 Å². The minimum Gasteiger partial charge on any atom is -0.330 e. The lowest BCUT2D eigenvalue weighted by Gasteiger charge is -2.05. The molecule has 0 aliphatic heterocycles. The van der Waals surface area contributed by atoms with Gasteiger partial charge in [0.1, 0.15) is 0 Å².